The van der Waals surface area contributed by atoms with Crippen molar-refractivity contribution in [2.75, 3.05) is 13.2 Å². The molecule has 0 aliphatic heterocycles. The van der Waals surface area contributed by atoms with Crippen molar-refractivity contribution in [2.45, 2.75) is 13.0 Å². The van der Waals surface area contributed by atoms with Gasteiger partial charge in [0.05, 0.1) is 13.0 Å². The topological polar surface area (TPSA) is 53.4 Å². The number of carbonyl (C=O) groups excluding carboxylic acids is 1. The maximum atomic E-state index is 12.7. The fourth-order valence-corrected chi connectivity index (χ4v) is 2.86. The van der Waals surface area contributed by atoms with E-state index >= 15 is 0 Å². The van der Waals surface area contributed by atoms with E-state index in [9.17, 15) is 9.90 Å². The predicted molar refractivity (Wildman–Crippen MR) is 102 cm³/mol. The maximum Gasteiger partial charge on any atom is 0.227 e. The zero-order valence-corrected chi connectivity index (χ0v) is 14.6. The van der Waals surface area contributed by atoms with Crippen LogP contribution < -0.4 is 0 Å². The summed E-state index contributed by atoms with van der Waals surface area (Å²) in [5.41, 5.74) is 4.20. The summed E-state index contributed by atoms with van der Waals surface area (Å²) in [7, 11) is 0. The van der Waals surface area contributed by atoms with Gasteiger partial charge in [0, 0.05) is 25.5 Å². The standard InChI is InChI=1S/C22H22N2O2/c25-14-13-24(17-19-5-4-12-23-16-19)22(26)15-18-8-10-21(11-9-18)20-6-2-1-3-7-20/h1-12,16,25H,13-15,17H2. The molecule has 1 amide bonds. The lowest BCUT2D eigenvalue weighted by atomic mass is 10.0. The molecule has 1 aromatic heterocycles. The number of aromatic nitrogens is 1. The van der Waals surface area contributed by atoms with Gasteiger partial charge < -0.3 is 10.0 Å². The van der Waals surface area contributed by atoms with Gasteiger partial charge in [-0.15, -0.1) is 0 Å². The van der Waals surface area contributed by atoms with Crippen LogP contribution >= 0.6 is 0 Å². The lowest BCUT2D eigenvalue weighted by Gasteiger charge is -2.22. The molecule has 0 saturated carbocycles. The van der Waals surface area contributed by atoms with Crippen molar-refractivity contribution in [1.29, 1.82) is 0 Å². The summed E-state index contributed by atoms with van der Waals surface area (Å²) in [6.07, 6.45) is 3.76. The number of amides is 1. The van der Waals surface area contributed by atoms with E-state index in [4.69, 9.17) is 0 Å². The number of aliphatic hydroxyl groups is 1. The van der Waals surface area contributed by atoms with Crippen molar-refractivity contribution in [3.05, 3.63) is 90.3 Å². The second kappa shape index (κ2) is 8.92. The minimum atomic E-state index is -0.0566. The van der Waals surface area contributed by atoms with Crippen LogP contribution in [0.15, 0.2) is 79.1 Å². The van der Waals surface area contributed by atoms with Crippen molar-refractivity contribution in [3.8, 4) is 11.1 Å². The number of hydrogen-bond acceptors (Lipinski definition) is 3. The van der Waals surface area contributed by atoms with Crippen LogP contribution in [0.4, 0.5) is 0 Å². The van der Waals surface area contributed by atoms with E-state index in [1.807, 2.05) is 54.6 Å². The molecule has 3 rings (SSSR count). The quantitative estimate of drug-likeness (QED) is 0.714. The number of aliphatic hydroxyl groups excluding tert-OH is 1. The Morgan fingerprint density at radius 1 is 0.885 bits per heavy atom. The first-order valence-electron chi connectivity index (χ1n) is 8.68. The molecule has 4 nitrogen and oxygen atoms in total. The minimum Gasteiger partial charge on any atom is -0.395 e. The van der Waals surface area contributed by atoms with Crippen molar-refractivity contribution < 1.29 is 9.90 Å². The lowest BCUT2D eigenvalue weighted by Crippen LogP contribution is -2.34. The first-order chi connectivity index (χ1) is 12.8. The first-order valence-corrected chi connectivity index (χ1v) is 8.68. The SMILES string of the molecule is O=C(Cc1ccc(-c2ccccc2)cc1)N(CCO)Cc1cccnc1. The number of rotatable bonds is 7. The Morgan fingerprint density at radius 3 is 2.27 bits per heavy atom. The zero-order chi connectivity index (χ0) is 18.2. The molecule has 3 aromatic rings. The summed E-state index contributed by atoms with van der Waals surface area (Å²) in [4.78, 5) is 18.4. The third-order valence-electron chi connectivity index (χ3n) is 4.24. The monoisotopic (exact) mass is 346 g/mol. The van der Waals surface area contributed by atoms with Gasteiger partial charge in [-0.25, -0.2) is 0 Å². The second-order valence-electron chi connectivity index (χ2n) is 6.14. The van der Waals surface area contributed by atoms with Crippen LogP contribution in [0.2, 0.25) is 0 Å². The molecule has 4 heteroatoms. The Morgan fingerprint density at radius 2 is 1.62 bits per heavy atom. The molecule has 0 spiro atoms. The predicted octanol–water partition coefficient (Wildman–Crippen LogP) is 3.31. The summed E-state index contributed by atoms with van der Waals surface area (Å²) in [5.74, 6) is -0.00429. The van der Waals surface area contributed by atoms with E-state index in [-0.39, 0.29) is 12.5 Å². The highest BCUT2D eigenvalue weighted by molar-refractivity contribution is 5.79. The Bertz CT molecular complexity index is 818. The molecule has 2 aromatic carbocycles. The minimum absolute atomic E-state index is 0.00429. The Balaban J connectivity index is 1.67. The fourth-order valence-electron chi connectivity index (χ4n) is 2.86. The number of benzene rings is 2. The van der Waals surface area contributed by atoms with E-state index in [1.54, 1.807) is 17.3 Å². The zero-order valence-electron chi connectivity index (χ0n) is 14.6. The van der Waals surface area contributed by atoms with Gasteiger partial charge in [0.25, 0.3) is 0 Å². The molecule has 132 valence electrons. The summed E-state index contributed by atoms with van der Waals surface area (Å²) >= 11 is 0. The number of hydrogen-bond donors (Lipinski definition) is 1. The summed E-state index contributed by atoms with van der Waals surface area (Å²) in [5, 5.41) is 9.28. The highest BCUT2D eigenvalue weighted by Gasteiger charge is 2.14. The molecule has 0 fully saturated rings. The summed E-state index contributed by atoms with van der Waals surface area (Å²) in [6.45, 7) is 0.712. The van der Waals surface area contributed by atoms with Gasteiger partial charge in [0.2, 0.25) is 5.91 Å². The molecule has 0 aliphatic carbocycles. The van der Waals surface area contributed by atoms with E-state index in [2.05, 4.69) is 17.1 Å². The molecule has 26 heavy (non-hydrogen) atoms. The number of carbonyl (C=O) groups is 1. The van der Waals surface area contributed by atoms with Crippen molar-refractivity contribution >= 4 is 5.91 Å². The summed E-state index contributed by atoms with van der Waals surface area (Å²) in [6, 6.07) is 22.0. The Labute approximate surface area is 153 Å². The largest absolute Gasteiger partial charge is 0.395 e. The van der Waals surface area contributed by atoms with Gasteiger partial charge >= 0.3 is 0 Å². The van der Waals surface area contributed by atoms with E-state index in [0.29, 0.717) is 19.5 Å². The molecular formula is C22H22N2O2. The van der Waals surface area contributed by atoms with Gasteiger partial charge in [-0.3, -0.25) is 9.78 Å². The fraction of sp³-hybridized carbons (Fsp3) is 0.182. The smallest absolute Gasteiger partial charge is 0.227 e. The van der Waals surface area contributed by atoms with Crippen LogP contribution in [0.3, 0.4) is 0 Å². The molecule has 0 saturated heterocycles. The van der Waals surface area contributed by atoms with Gasteiger partial charge in [0.15, 0.2) is 0 Å². The van der Waals surface area contributed by atoms with Gasteiger partial charge in [-0.05, 0) is 28.3 Å². The Kier molecular flexibility index (Phi) is 6.12. The third kappa shape index (κ3) is 4.77. The Hall–Kier alpha value is -2.98. The number of pyridine rings is 1. The molecule has 0 unspecified atom stereocenters. The number of nitrogens with zero attached hydrogens (tertiary/aromatic N) is 2. The molecular weight excluding hydrogens is 324 g/mol. The van der Waals surface area contributed by atoms with Crippen molar-refractivity contribution in [1.82, 2.24) is 9.88 Å². The van der Waals surface area contributed by atoms with Gasteiger partial charge in [-0.1, -0.05) is 60.7 Å². The molecule has 0 bridgehead atoms. The normalized spacial score (nSPS) is 10.5. The van der Waals surface area contributed by atoms with Crippen LogP contribution in [0.25, 0.3) is 11.1 Å². The summed E-state index contributed by atoms with van der Waals surface area (Å²) < 4.78 is 0. The van der Waals surface area contributed by atoms with Crippen LogP contribution in [0.5, 0.6) is 0 Å². The molecule has 1 heterocycles. The van der Waals surface area contributed by atoms with Crippen LogP contribution in [0.1, 0.15) is 11.1 Å². The molecule has 0 aliphatic rings. The first kappa shape index (κ1) is 17.8. The molecule has 0 radical (unpaired) electrons. The maximum absolute atomic E-state index is 12.7. The van der Waals surface area contributed by atoms with Gasteiger partial charge in [-0.2, -0.15) is 0 Å². The average Bonchev–Trinajstić information content (AvgIpc) is 2.70. The van der Waals surface area contributed by atoms with E-state index in [1.165, 1.54) is 0 Å². The van der Waals surface area contributed by atoms with E-state index < -0.39 is 0 Å². The lowest BCUT2D eigenvalue weighted by molar-refractivity contribution is -0.131. The molecule has 0 atom stereocenters. The highest BCUT2D eigenvalue weighted by atomic mass is 16.3. The molecule has 1 N–H and O–H groups in total. The van der Waals surface area contributed by atoms with Crippen LogP contribution in [0, 0.1) is 0 Å². The van der Waals surface area contributed by atoms with Crippen molar-refractivity contribution in [3.63, 3.8) is 0 Å². The second-order valence-corrected chi connectivity index (χ2v) is 6.14. The van der Waals surface area contributed by atoms with E-state index in [0.717, 1.165) is 22.3 Å². The van der Waals surface area contributed by atoms with Crippen LogP contribution in [-0.2, 0) is 17.8 Å². The van der Waals surface area contributed by atoms with Crippen LogP contribution in [-0.4, -0.2) is 34.0 Å². The van der Waals surface area contributed by atoms with Gasteiger partial charge in [0.1, 0.15) is 0 Å². The average molecular weight is 346 g/mol. The third-order valence-corrected chi connectivity index (χ3v) is 4.24. The highest BCUT2D eigenvalue weighted by Crippen LogP contribution is 2.19. The van der Waals surface area contributed by atoms with Crippen molar-refractivity contribution in [2.24, 2.45) is 0 Å².